The van der Waals surface area contributed by atoms with Crippen LogP contribution in [0.5, 0.6) is 0 Å². The van der Waals surface area contributed by atoms with Crippen molar-refractivity contribution in [3.05, 3.63) is 5.01 Å². The molecule has 0 aliphatic carbocycles. The normalized spacial score (nSPS) is 22.0. The number of carbonyl (C=O) groups excluding carboxylic acids is 2. The number of nitrogens with zero attached hydrogens (tertiary/aromatic N) is 3. The summed E-state index contributed by atoms with van der Waals surface area (Å²) in [5, 5.41) is 14.4. The van der Waals surface area contributed by atoms with Crippen LogP contribution in [-0.4, -0.2) is 58.4 Å². The van der Waals surface area contributed by atoms with Crippen molar-refractivity contribution >= 4 is 28.5 Å². The summed E-state index contributed by atoms with van der Waals surface area (Å²) in [6, 6.07) is 0. The molecule has 1 aliphatic rings. The zero-order valence-electron chi connectivity index (χ0n) is 14.1. The lowest BCUT2D eigenvalue weighted by Gasteiger charge is -2.30. The minimum Gasteiger partial charge on any atom is -0.444 e. The second-order valence-corrected chi connectivity index (χ2v) is 7.96. The molecule has 1 unspecified atom stereocenters. The second kappa shape index (κ2) is 6.40. The van der Waals surface area contributed by atoms with Gasteiger partial charge < -0.3 is 15.0 Å². The van der Waals surface area contributed by atoms with Gasteiger partial charge in [-0.3, -0.25) is 10.1 Å². The van der Waals surface area contributed by atoms with Gasteiger partial charge in [0.1, 0.15) is 16.1 Å². The Morgan fingerprint density at radius 3 is 2.52 bits per heavy atom. The quantitative estimate of drug-likeness (QED) is 0.862. The van der Waals surface area contributed by atoms with Gasteiger partial charge in [0.25, 0.3) is 5.91 Å². The van der Waals surface area contributed by atoms with Gasteiger partial charge in [-0.1, -0.05) is 11.3 Å². The summed E-state index contributed by atoms with van der Waals surface area (Å²) >= 11 is 1.29. The Kier molecular flexibility index (Phi) is 4.90. The van der Waals surface area contributed by atoms with Crippen LogP contribution in [0.25, 0.3) is 0 Å². The van der Waals surface area contributed by atoms with E-state index in [1.54, 1.807) is 20.8 Å². The molecule has 1 aromatic heterocycles. The summed E-state index contributed by atoms with van der Waals surface area (Å²) in [7, 11) is 1.90. The number of amides is 2. The van der Waals surface area contributed by atoms with E-state index in [1.807, 2.05) is 18.9 Å². The first-order valence-corrected chi connectivity index (χ1v) is 8.23. The van der Waals surface area contributed by atoms with E-state index in [-0.39, 0.29) is 5.91 Å². The van der Waals surface area contributed by atoms with Crippen LogP contribution in [0.4, 0.5) is 9.93 Å². The van der Waals surface area contributed by atoms with E-state index >= 15 is 0 Å². The van der Waals surface area contributed by atoms with Crippen LogP contribution in [0, 0.1) is 6.92 Å². The van der Waals surface area contributed by atoms with Gasteiger partial charge in [-0.25, -0.2) is 4.79 Å². The Labute approximate surface area is 139 Å². The highest BCUT2D eigenvalue weighted by atomic mass is 32.1. The van der Waals surface area contributed by atoms with Crippen molar-refractivity contribution in [3.63, 3.8) is 0 Å². The van der Waals surface area contributed by atoms with Crippen molar-refractivity contribution in [2.75, 3.05) is 25.5 Å². The van der Waals surface area contributed by atoms with E-state index in [1.165, 1.54) is 11.3 Å². The van der Waals surface area contributed by atoms with Crippen LogP contribution in [0.2, 0.25) is 0 Å². The average Bonchev–Trinajstić information content (AvgIpc) is 2.94. The van der Waals surface area contributed by atoms with Crippen LogP contribution < -0.4 is 10.6 Å². The Morgan fingerprint density at radius 1 is 1.35 bits per heavy atom. The summed E-state index contributed by atoms with van der Waals surface area (Å²) in [6.07, 6.45) is -0.0942. The predicted octanol–water partition coefficient (Wildman–Crippen LogP) is 1.38. The first kappa shape index (κ1) is 17.6. The first-order valence-electron chi connectivity index (χ1n) is 7.41. The molecule has 8 nitrogen and oxygen atoms in total. The van der Waals surface area contributed by atoms with Crippen molar-refractivity contribution in [3.8, 4) is 0 Å². The zero-order chi connectivity index (χ0) is 17.3. The molecule has 1 saturated heterocycles. The van der Waals surface area contributed by atoms with Crippen molar-refractivity contribution in [2.45, 2.75) is 45.3 Å². The predicted molar refractivity (Wildman–Crippen MR) is 87.5 cm³/mol. The number of aryl methyl sites for hydroxylation is 1. The molecule has 1 fully saturated rings. The number of ether oxygens (including phenoxy) is 1. The van der Waals surface area contributed by atoms with Crippen LogP contribution in [0.15, 0.2) is 0 Å². The number of anilines is 1. The van der Waals surface area contributed by atoms with Gasteiger partial charge >= 0.3 is 6.09 Å². The minimum atomic E-state index is -1.03. The molecule has 2 rings (SSSR count). The second-order valence-electron chi connectivity index (χ2n) is 6.78. The number of hydrogen-bond acceptors (Lipinski definition) is 7. The topological polar surface area (TPSA) is 96.4 Å². The van der Waals surface area contributed by atoms with Crippen LogP contribution >= 0.6 is 11.3 Å². The molecule has 9 heteroatoms. The van der Waals surface area contributed by atoms with Crippen molar-refractivity contribution in [1.29, 1.82) is 0 Å². The van der Waals surface area contributed by atoms with Crippen molar-refractivity contribution in [1.82, 2.24) is 20.4 Å². The van der Waals surface area contributed by atoms with E-state index in [0.29, 0.717) is 24.6 Å². The van der Waals surface area contributed by atoms with Gasteiger partial charge in [0.05, 0.1) is 0 Å². The fraction of sp³-hybridized carbons (Fsp3) is 0.714. The highest BCUT2D eigenvalue weighted by Crippen LogP contribution is 2.24. The standard InChI is InChI=1S/C14H23N5O3S/c1-9-17-18-11(23-9)15-10(20)14(6-7-19(5)8-14)16-12(21)22-13(2,3)4/h6-8H2,1-5H3,(H,16,21)(H,15,18,20). The molecule has 0 spiro atoms. The number of nitrogens with one attached hydrogen (secondary N) is 2. The summed E-state index contributed by atoms with van der Waals surface area (Å²) in [4.78, 5) is 26.8. The fourth-order valence-corrected chi connectivity index (χ4v) is 2.99. The molecule has 2 heterocycles. The van der Waals surface area contributed by atoms with Gasteiger partial charge in [0.15, 0.2) is 0 Å². The van der Waals surface area contributed by atoms with E-state index < -0.39 is 17.2 Å². The summed E-state index contributed by atoms with van der Waals surface area (Å²) in [6.45, 7) is 8.28. The lowest BCUT2D eigenvalue weighted by atomic mass is 9.97. The summed E-state index contributed by atoms with van der Waals surface area (Å²) in [5.74, 6) is -0.302. The van der Waals surface area contributed by atoms with Crippen molar-refractivity contribution < 1.29 is 14.3 Å². The van der Waals surface area contributed by atoms with Gasteiger partial charge in [-0.2, -0.15) is 0 Å². The molecule has 0 bridgehead atoms. The third-order valence-corrected chi connectivity index (χ3v) is 4.14. The maximum Gasteiger partial charge on any atom is 0.408 e. The molecule has 0 saturated carbocycles. The number of likely N-dealkylation sites (tertiary alicyclic amines) is 1. The Bertz CT molecular complexity index is 597. The number of hydrogen-bond donors (Lipinski definition) is 2. The number of aromatic nitrogens is 2. The molecule has 2 amide bonds. The first-order chi connectivity index (χ1) is 10.6. The fourth-order valence-electron chi connectivity index (χ4n) is 2.41. The van der Waals surface area contributed by atoms with E-state index in [2.05, 4.69) is 20.8 Å². The van der Waals surface area contributed by atoms with E-state index in [0.717, 1.165) is 5.01 Å². The average molecular weight is 341 g/mol. The largest absolute Gasteiger partial charge is 0.444 e. The monoisotopic (exact) mass is 341 g/mol. The minimum absolute atomic E-state index is 0.302. The maximum absolute atomic E-state index is 12.7. The third kappa shape index (κ3) is 4.61. The van der Waals surface area contributed by atoms with E-state index in [9.17, 15) is 9.59 Å². The number of carbonyl (C=O) groups is 2. The van der Waals surface area contributed by atoms with Gasteiger partial charge in [0.2, 0.25) is 5.13 Å². The molecule has 23 heavy (non-hydrogen) atoms. The zero-order valence-corrected chi connectivity index (χ0v) is 14.9. The molecule has 0 radical (unpaired) electrons. The number of likely N-dealkylation sites (N-methyl/N-ethyl adjacent to an activating group) is 1. The molecular weight excluding hydrogens is 318 g/mol. The highest BCUT2D eigenvalue weighted by molar-refractivity contribution is 7.15. The SMILES string of the molecule is Cc1nnc(NC(=O)C2(NC(=O)OC(C)(C)C)CCN(C)C2)s1. The molecule has 0 aromatic carbocycles. The smallest absolute Gasteiger partial charge is 0.408 e. The molecule has 1 aromatic rings. The molecule has 2 N–H and O–H groups in total. The summed E-state index contributed by atoms with van der Waals surface area (Å²) < 4.78 is 5.29. The lowest BCUT2D eigenvalue weighted by molar-refractivity contribution is -0.122. The van der Waals surface area contributed by atoms with Gasteiger partial charge in [0, 0.05) is 13.1 Å². The lowest BCUT2D eigenvalue weighted by Crippen LogP contribution is -2.59. The number of alkyl carbamates (subject to hydrolysis) is 1. The van der Waals surface area contributed by atoms with Crippen LogP contribution in [0.3, 0.4) is 0 Å². The van der Waals surface area contributed by atoms with E-state index in [4.69, 9.17) is 4.74 Å². The Hall–Kier alpha value is -1.74. The Morgan fingerprint density at radius 2 is 2.04 bits per heavy atom. The molecular formula is C14H23N5O3S. The van der Waals surface area contributed by atoms with Crippen LogP contribution in [-0.2, 0) is 9.53 Å². The summed E-state index contributed by atoms with van der Waals surface area (Å²) in [5.41, 5.74) is -1.65. The molecule has 128 valence electrons. The van der Waals surface area contributed by atoms with Gasteiger partial charge in [-0.05, 0) is 41.2 Å². The maximum atomic E-state index is 12.7. The third-order valence-electron chi connectivity index (χ3n) is 3.38. The molecule has 1 atom stereocenters. The van der Waals surface area contributed by atoms with Crippen LogP contribution in [0.1, 0.15) is 32.2 Å². The van der Waals surface area contributed by atoms with Crippen molar-refractivity contribution in [2.24, 2.45) is 0 Å². The number of rotatable bonds is 3. The highest BCUT2D eigenvalue weighted by Gasteiger charge is 2.46. The molecule has 1 aliphatic heterocycles. The van der Waals surface area contributed by atoms with Gasteiger partial charge in [-0.15, -0.1) is 10.2 Å². The Balaban J connectivity index is 2.12.